The SMILES string of the molecule is O=C(COc1ccc(Br)cc1Cl)Nc1nnc(Cc2ccccc2)s1. The van der Waals surface area contributed by atoms with Gasteiger partial charge in [-0.05, 0) is 23.8 Å². The highest BCUT2D eigenvalue weighted by molar-refractivity contribution is 9.10. The first-order valence-electron chi connectivity index (χ1n) is 7.34. The van der Waals surface area contributed by atoms with Crippen LogP contribution >= 0.6 is 38.9 Å². The summed E-state index contributed by atoms with van der Waals surface area (Å²) in [7, 11) is 0. The molecule has 128 valence electrons. The van der Waals surface area contributed by atoms with Crippen molar-refractivity contribution in [2.75, 3.05) is 11.9 Å². The van der Waals surface area contributed by atoms with Crippen LogP contribution < -0.4 is 10.1 Å². The van der Waals surface area contributed by atoms with E-state index in [9.17, 15) is 4.79 Å². The number of halogens is 2. The van der Waals surface area contributed by atoms with Gasteiger partial charge in [-0.2, -0.15) is 0 Å². The summed E-state index contributed by atoms with van der Waals surface area (Å²) in [4.78, 5) is 12.0. The van der Waals surface area contributed by atoms with Gasteiger partial charge in [-0.25, -0.2) is 0 Å². The molecule has 1 amide bonds. The van der Waals surface area contributed by atoms with Gasteiger partial charge in [-0.1, -0.05) is 69.2 Å². The Bertz CT molecular complexity index is 873. The van der Waals surface area contributed by atoms with Crippen LogP contribution in [0.25, 0.3) is 0 Å². The van der Waals surface area contributed by atoms with Crippen molar-refractivity contribution in [3.8, 4) is 5.75 Å². The number of rotatable bonds is 6. The molecule has 8 heteroatoms. The lowest BCUT2D eigenvalue weighted by Crippen LogP contribution is -2.20. The predicted octanol–water partition coefficient (Wildman–Crippen LogP) is 4.56. The molecule has 0 aliphatic heterocycles. The maximum absolute atomic E-state index is 12.0. The van der Waals surface area contributed by atoms with E-state index >= 15 is 0 Å². The van der Waals surface area contributed by atoms with Crippen LogP contribution in [0.15, 0.2) is 53.0 Å². The molecule has 5 nitrogen and oxygen atoms in total. The summed E-state index contributed by atoms with van der Waals surface area (Å²) < 4.78 is 6.26. The first-order valence-corrected chi connectivity index (χ1v) is 9.33. The Morgan fingerprint density at radius 1 is 1.20 bits per heavy atom. The van der Waals surface area contributed by atoms with Crippen LogP contribution in [0.2, 0.25) is 5.02 Å². The number of amides is 1. The summed E-state index contributed by atoms with van der Waals surface area (Å²) in [5.74, 6) is 0.128. The maximum atomic E-state index is 12.0. The Morgan fingerprint density at radius 3 is 2.76 bits per heavy atom. The second kappa shape index (κ2) is 8.42. The molecule has 0 bridgehead atoms. The van der Waals surface area contributed by atoms with E-state index in [1.807, 2.05) is 30.3 Å². The van der Waals surface area contributed by atoms with Crippen LogP contribution in [-0.2, 0) is 11.2 Å². The Morgan fingerprint density at radius 2 is 2.00 bits per heavy atom. The first kappa shape index (κ1) is 17.8. The largest absolute Gasteiger partial charge is 0.482 e. The molecule has 0 atom stereocenters. The van der Waals surface area contributed by atoms with Crippen molar-refractivity contribution in [1.29, 1.82) is 0 Å². The number of anilines is 1. The number of carbonyl (C=O) groups excluding carboxylic acids is 1. The minimum absolute atomic E-state index is 0.158. The third-order valence-electron chi connectivity index (χ3n) is 3.16. The maximum Gasteiger partial charge on any atom is 0.264 e. The Kier molecular flexibility index (Phi) is 6.01. The quantitative estimate of drug-likeness (QED) is 0.613. The van der Waals surface area contributed by atoms with Crippen LogP contribution in [0.1, 0.15) is 10.6 Å². The van der Waals surface area contributed by atoms with Crippen molar-refractivity contribution < 1.29 is 9.53 Å². The smallest absolute Gasteiger partial charge is 0.264 e. The average Bonchev–Trinajstić information content (AvgIpc) is 3.02. The van der Waals surface area contributed by atoms with Gasteiger partial charge in [0, 0.05) is 10.9 Å². The van der Waals surface area contributed by atoms with Gasteiger partial charge in [0.25, 0.3) is 5.91 Å². The fourth-order valence-electron chi connectivity index (χ4n) is 2.04. The average molecular weight is 439 g/mol. The molecule has 2 aromatic carbocycles. The minimum Gasteiger partial charge on any atom is -0.482 e. The first-order chi connectivity index (χ1) is 12.1. The van der Waals surface area contributed by atoms with Gasteiger partial charge >= 0.3 is 0 Å². The van der Waals surface area contributed by atoms with E-state index in [0.29, 0.717) is 22.3 Å². The van der Waals surface area contributed by atoms with Crippen molar-refractivity contribution in [3.05, 3.63) is 68.6 Å². The molecular formula is C17H13BrClN3O2S. The molecule has 0 saturated carbocycles. The summed E-state index contributed by atoms with van der Waals surface area (Å²) in [6, 6.07) is 15.2. The van der Waals surface area contributed by atoms with Gasteiger partial charge in [0.1, 0.15) is 10.8 Å². The van der Waals surface area contributed by atoms with Crippen LogP contribution in [0.4, 0.5) is 5.13 Å². The van der Waals surface area contributed by atoms with Crippen molar-refractivity contribution in [2.24, 2.45) is 0 Å². The van der Waals surface area contributed by atoms with Crippen LogP contribution in [0, 0.1) is 0 Å². The Labute approximate surface area is 162 Å². The number of hydrogen-bond acceptors (Lipinski definition) is 5. The van der Waals surface area contributed by atoms with Gasteiger partial charge in [-0.3, -0.25) is 10.1 Å². The zero-order valence-corrected chi connectivity index (χ0v) is 16.1. The highest BCUT2D eigenvalue weighted by Gasteiger charge is 2.10. The molecule has 1 aromatic heterocycles. The van der Waals surface area contributed by atoms with Crippen molar-refractivity contribution in [3.63, 3.8) is 0 Å². The highest BCUT2D eigenvalue weighted by atomic mass is 79.9. The Hall–Kier alpha value is -1.96. The zero-order chi connectivity index (χ0) is 17.6. The van der Waals surface area contributed by atoms with Gasteiger partial charge in [-0.15, -0.1) is 10.2 Å². The summed E-state index contributed by atoms with van der Waals surface area (Å²) in [5, 5.41) is 12.5. The van der Waals surface area contributed by atoms with E-state index in [0.717, 1.165) is 15.0 Å². The molecule has 0 spiro atoms. The molecule has 0 aliphatic carbocycles. The lowest BCUT2D eigenvalue weighted by atomic mass is 10.2. The van der Waals surface area contributed by atoms with Crippen LogP contribution in [0.3, 0.4) is 0 Å². The monoisotopic (exact) mass is 437 g/mol. The molecule has 0 saturated heterocycles. The molecule has 3 aromatic rings. The molecule has 1 N–H and O–H groups in total. The number of ether oxygens (including phenoxy) is 1. The standard InChI is InChI=1S/C17H13BrClN3O2S/c18-12-6-7-14(13(19)9-12)24-10-15(23)20-17-22-21-16(25-17)8-11-4-2-1-3-5-11/h1-7,9H,8,10H2,(H,20,22,23). The Balaban J connectivity index is 1.53. The predicted molar refractivity (Wildman–Crippen MR) is 102 cm³/mol. The van der Waals surface area contributed by atoms with Crippen molar-refractivity contribution in [1.82, 2.24) is 10.2 Å². The van der Waals surface area contributed by atoms with Gasteiger partial charge in [0.15, 0.2) is 6.61 Å². The molecule has 0 radical (unpaired) electrons. The van der Waals surface area contributed by atoms with E-state index < -0.39 is 0 Å². The molecule has 25 heavy (non-hydrogen) atoms. The fourth-order valence-corrected chi connectivity index (χ4v) is 3.56. The molecule has 1 heterocycles. The summed E-state index contributed by atoms with van der Waals surface area (Å²) in [5.41, 5.74) is 1.14. The number of carbonyl (C=O) groups is 1. The number of aromatic nitrogens is 2. The van der Waals surface area contributed by atoms with Gasteiger partial charge in [0.2, 0.25) is 5.13 Å². The minimum atomic E-state index is -0.318. The van der Waals surface area contributed by atoms with Crippen molar-refractivity contribution in [2.45, 2.75) is 6.42 Å². The molecule has 0 unspecified atom stereocenters. The number of nitrogens with one attached hydrogen (secondary N) is 1. The van der Waals surface area contributed by atoms with E-state index in [1.54, 1.807) is 18.2 Å². The third-order valence-corrected chi connectivity index (χ3v) is 4.79. The number of nitrogens with zero attached hydrogens (tertiary/aromatic N) is 2. The lowest BCUT2D eigenvalue weighted by molar-refractivity contribution is -0.118. The highest BCUT2D eigenvalue weighted by Crippen LogP contribution is 2.27. The molecule has 3 rings (SSSR count). The summed E-state index contributed by atoms with van der Waals surface area (Å²) in [6.07, 6.45) is 0.680. The second-order valence-corrected chi connectivity index (χ2v) is 7.46. The molecular weight excluding hydrogens is 426 g/mol. The van der Waals surface area contributed by atoms with Gasteiger partial charge in [0.05, 0.1) is 5.02 Å². The van der Waals surface area contributed by atoms with Crippen molar-refractivity contribution >= 4 is 49.9 Å². The fraction of sp³-hybridized carbons (Fsp3) is 0.118. The van der Waals surface area contributed by atoms with E-state index in [-0.39, 0.29) is 12.5 Å². The zero-order valence-electron chi connectivity index (χ0n) is 12.9. The van der Waals surface area contributed by atoms with E-state index in [1.165, 1.54) is 11.3 Å². The van der Waals surface area contributed by atoms with Crippen LogP contribution in [-0.4, -0.2) is 22.7 Å². The number of benzene rings is 2. The topological polar surface area (TPSA) is 64.1 Å². The second-order valence-electron chi connectivity index (χ2n) is 5.07. The third kappa shape index (κ3) is 5.26. The summed E-state index contributed by atoms with van der Waals surface area (Å²) >= 11 is 10.7. The summed E-state index contributed by atoms with van der Waals surface area (Å²) in [6.45, 7) is -0.158. The molecule has 0 fully saturated rings. The lowest BCUT2D eigenvalue weighted by Gasteiger charge is -2.07. The van der Waals surface area contributed by atoms with E-state index in [2.05, 4.69) is 31.4 Å². The number of hydrogen-bond donors (Lipinski definition) is 1. The normalized spacial score (nSPS) is 10.5. The van der Waals surface area contributed by atoms with Crippen LogP contribution in [0.5, 0.6) is 5.75 Å². The van der Waals surface area contributed by atoms with E-state index in [4.69, 9.17) is 16.3 Å². The van der Waals surface area contributed by atoms with Gasteiger partial charge < -0.3 is 4.74 Å². The molecule has 0 aliphatic rings.